The van der Waals surface area contributed by atoms with Gasteiger partial charge in [0.2, 0.25) is 0 Å². The molecule has 1 aromatic heterocycles. The second-order valence-corrected chi connectivity index (χ2v) is 12.5. The maximum Gasteiger partial charge on any atom is 0.407 e. The lowest BCUT2D eigenvalue weighted by atomic mass is 9.89. The van der Waals surface area contributed by atoms with E-state index in [-0.39, 0.29) is 18.2 Å². The van der Waals surface area contributed by atoms with Crippen molar-refractivity contribution < 1.29 is 27.8 Å². The van der Waals surface area contributed by atoms with Crippen LogP contribution in [0.2, 0.25) is 0 Å². The zero-order valence-corrected chi connectivity index (χ0v) is 24.4. The molecule has 40 heavy (non-hydrogen) atoms. The predicted molar refractivity (Wildman–Crippen MR) is 154 cm³/mol. The minimum atomic E-state index is -3.91. The first kappa shape index (κ1) is 31.3. The highest BCUT2D eigenvalue weighted by Crippen LogP contribution is 2.25. The normalized spacial score (nSPS) is 15.9. The van der Waals surface area contributed by atoms with E-state index in [1.54, 1.807) is 12.1 Å². The van der Waals surface area contributed by atoms with Gasteiger partial charge in [-0.1, -0.05) is 46.6 Å². The molecule has 0 saturated heterocycles. The molecule has 0 aliphatic carbocycles. The van der Waals surface area contributed by atoms with Gasteiger partial charge >= 0.3 is 6.09 Å². The number of benzene rings is 1. The van der Waals surface area contributed by atoms with Gasteiger partial charge < -0.3 is 24.8 Å². The standard InChI is InChI=1S/C28H41N5O6S/c1-5-6-9-23(24(34)18-31-40(36,37)26-10-7-8-15-30-26)32-27(35)39-25(28(2,3)4)19-38-22-13-11-21(12-14-22)33-17-16-29-20-33/h7-8,10-15,20,23-25,31,34H,5-6,9,16-19H2,1-4H3,(H,32,35)/t23-,24-,25+/m0/s1. The average Bonchev–Trinajstić information content (AvgIpc) is 3.47. The number of aliphatic hydroxyl groups is 1. The fraction of sp³-hybridized carbons (Fsp3) is 0.536. The molecule has 3 atom stereocenters. The topological polar surface area (TPSA) is 142 Å². The van der Waals surface area contributed by atoms with Gasteiger partial charge in [-0.05, 0) is 42.8 Å². The van der Waals surface area contributed by atoms with E-state index in [9.17, 15) is 18.3 Å². The van der Waals surface area contributed by atoms with Crippen LogP contribution >= 0.6 is 0 Å². The van der Waals surface area contributed by atoms with E-state index < -0.39 is 39.8 Å². The third kappa shape index (κ3) is 9.46. The molecule has 0 bridgehead atoms. The molecule has 0 unspecified atom stereocenters. The third-order valence-electron chi connectivity index (χ3n) is 6.51. The lowest BCUT2D eigenvalue weighted by molar-refractivity contribution is -0.00274. The molecule has 3 N–H and O–H groups in total. The monoisotopic (exact) mass is 575 g/mol. The van der Waals surface area contributed by atoms with E-state index in [1.165, 1.54) is 12.3 Å². The number of pyridine rings is 1. The van der Waals surface area contributed by atoms with Crippen LogP contribution in [0.3, 0.4) is 0 Å². The second kappa shape index (κ2) is 14.4. The van der Waals surface area contributed by atoms with Crippen molar-refractivity contribution in [3.05, 3.63) is 48.7 Å². The van der Waals surface area contributed by atoms with Crippen LogP contribution in [-0.2, 0) is 14.8 Å². The molecular weight excluding hydrogens is 534 g/mol. The maximum atomic E-state index is 12.9. The van der Waals surface area contributed by atoms with E-state index in [1.807, 2.05) is 58.3 Å². The Hall–Kier alpha value is -3.22. The van der Waals surface area contributed by atoms with Gasteiger partial charge in [0.25, 0.3) is 10.0 Å². The summed E-state index contributed by atoms with van der Waals surface area (Å²) in [5.74, 6) is 0.648. The highest BCUT2D eigenvalue weighted by atomic mass is 32.2. The van der Waals surface area contributed by atoms with Crippen molar-refractivity contribution in [1.29, 1.82) is 0 Å². The number of carbonyl (C=O) groups is 1. The SMILES string of the molecule is CCCC[C@H](NC(=O)O[C@H](COc1ccc(N2C=NCC2)cc1)C(C)(C)C)[C@@H](O)CNS(=O)(=O)c1ccccn1. The largest absolute Gasteiger partial charge is 0.490 e. The molecular formula is C28H41N5O6S. The van der Waals surface area contributed by atoms with Crippen molar-refractivity contribution in [1.82, 2.24) is 15.0 Å². The van der Waals surface area contributed by atoms with E-state index in [2.05, 4.69) is 24.9 Å². The highest BCUT2D eigenvalue weighted by Gasteiger charge is 2.31. The summed E-state index contributed by atoms with van der Waals surface area (Å²) in [7, 11) is -3.91. The number of rotatable bonds is 14. The lowest BCUT2D eigenvalue weighted by Crippen LogP contribution is -2.50. The number of aliphatic imine (C=N–C) groups is 1. The van der Waals surface area contributed by atoms with Crippen LogP contribution in [0.4, 0.5) is 10.5 Å². The molecule has 2 heterocycles. The molecule has 0 saturated carbocycles. The minimum Gasteiger partial charge on any atom is -0.490 e. The smallest absolute Gasteiger partial charge is 0.407 e. The number of carbonyl (C=O) groups excluding carboxylic acids is 1. The van der Waals surface area contributed by atoms with Gasteiger partial charge in [-0.2, -0.15) is 0 Å². The molecule has 3 rings (SSSR count). The number of hydrogen-bond acceptors (Lipinski definition) is 9. The van der Waals surface area contributed by atoms with Crippen LogP contribution in [-0.4, -0.2) is 75.4 Å². The summed E-state index contributed by atoms with van der Waals surface area (Å²) in [5.41, 5.74) is 0.592. The first-order chi connectivity index (χ1) is 19.0. The minimum absolute atomic E-state index is 0.132. The van der Waals surface area contributed by atoms with Crippen LogP contribution in [0, 0.1) is 5.41 Å². The predicted octanol–water partition coefficient (Wildman–Crippen LogP) is 3.35. The highest BCUT2D eigenvalue weighted by molar-refractivity contribution is 7.89. The molecule has 2 aromatic rings. The number of ether oxygens (including phenoxy) is 2. The number of sulfonamides is 1. The molecule has 0 radical (unpaired) electrons. The van der Waals surface area contributed by atoms with Gasteiger partial charge in [0.05, 0.1) is 25.0 Å². The maximum absolute atomic E-state index is 12.9. The number of alkyl carbamates (subject to hydrolysis) is 1. The molecule has 0 spiro atoms. The summed E-state index contributed by atoms with van der Waals surface area (Å²) >= 11 is 0. The fourth-order valence-electron chi connectivity index (χ4n) is 3.96. The molecule has 1 aliphatic rings. The number of hydrogen-bond donors (Lipinski definition) is 3. The number of aromatic nitrogens is 1. The second-order valence-electron chi connectivity index (χ2n) is 10.8. The van der Waals surface area contributed by atoms with Gasteiger partial charge in [-0.25, -0.2) is 22.9 Å². The molecule has 220 valence electrons. The Kier molecular flexibility index (Phi) is 11.3. The van der Waals surface area contributed by atoms with Crippen LogP contribution in [0.5, 0.6) is 5.75 Å². The first-order valence-corrected chi connectivity index (χ1v) is 15.0. The third-order valence-corrected chi connectivity index (χ3v) is 7.85. The van der Waals surface area contributed by atoms with Gasteiger partial charge in [-0.15, -0.1) is 0 Å². The summed E-state index contributed by atoms with van der Waals surface area (Å²) in [4.78, 5) is 23.1. The Morgan fingerprint density at radius 2 is 1.93 bits per heavy atom. The average molecular weight is 576 g/mol. The Labute approximate surface area is 237 Å². The fourth-order valence-corrected chi connectivity index (χ4v) is 4.95. The number of aliphatic hydroxyl groups excluding tert-OH is 1. The molecule has 0 fully saturated rings. The number of anilines is 1. The molecule has 1 aliphatic heterocycles. The Morgan fingerprint density at radius 3 is 2.52 bits per heavy atom. The van der Waals surface area contributed by atoms with Crippen LogP contribution in [0.15, 0.2) is 58.7 Å². The zero-order valence-electron chi connectivity index (χ0n) is 23.6. The van der Waals surface area contributed by atoms with Crippen LogP contribution < -0.4 is 19.7 Å². The quantitative estimate of drug-likeness (QED) is 0.311. The number of unbranched alkanes of at least 4 members (excludes halogenated alkanes) is 1. The Balaban J connectivity index is 1.57. The first-order valence-electron chi connectivity index (χ1n) is 13.5. The van der Waals surface area contributed by atoms with Gasteiger partial charge in [0, 0.05) is 30.4 Å². The van der Waals surface area contributed by atoms with Crippen molar-refractivity contribution in [2.24, 2.45) is 10.4 Å². The van der Waals surface area contributed by atoms with Crippen LogP contribution in [0.1, 0.15) is 47.0 Å². The number of nitrogens with one attached hydrogen (secondary N) is 2. The van der Waals surface area contributed by atoms with Gasteiger partial charge in [0.1, 0.15) is 18.5 Å². The Bertz CT molecular complexity index is 1200. The summed E-state index contributed by atoms with van der Waals surface area (Å²) in [6.45, 7) is 9.29. The molecule has 11 nitrogen and oxygen atoms in total. The van der Waals surface area contributed by atoms with Crippen molar-refractivity contribution in [2.45, 2.75) is 70.2 Å². The van der Waals surface area contributed by atoms with Crippen molar-refractivity contribution in [3.8, 4) is 5.75 Å². The summed E-state index contributed by atoms with van der Waals surface area (Å²) in [6.07, 6.45) is 2.72. The van der Waals surface area contributed by atoms with Crippen LogP contribution in [0.25, 0.3) is 0 Å². The van der Waals surface area contributed by atoms with E-state index in [0.717, 1.165) is 31.6 Å². The van der Waals surface area contributed by atoms with E-state index in [4.69, 9.17) is 9.47 Å². The van der Waals surface area contributed by atoms with Crippen molar-refractivity contribution >= 4 is 28.1 Å². The molecule has 1 aromatic carbocycles. The molecule has 1 amide bonds. The lowest BCUT2D eigenvalue weighted by Gasteiger charge is -2.31. The van der Waals surface area contributed by atoms with Crippen molar-refractivity contribution in [3.63, 3.8) is 0 Å². The summed E-state index contributed by atoms with van der Waals surface area (Å²) in [5, 5.41) is 13.4. The Morgan fingerprint density at radius 1 is 1.18 bits per heavy atom. The van der Waals surface area contributed by atoms with Gasteiger partial charge in [0.15, 0.2) is 5.03 Å². The number of amides is 1. The summed E-state index contributed by atoms with van der Waals surface area (Å²) in [6, 6.07) is 11.5. The van der Waals surface area contributed by atoms with E-state index >= 15 is 0 Å². The van der Waals surface area contributed by atoms with E-state index in [0.29, 0.717) is 12.2 Å². The van der Waals surface area contributed by atoms with Crippen molar-refractivity contribution in [2.75, 3.05) is 31.1 Å². The molecule has 12 heteroatoms. The zero-order chi connectivity index (χ0) is 29.2. The summed E-state index contributed by atoms with van der Waals surface area (Å²) < 4.78 is 39.1. The van der Waals surface area contributed by atoms with Gasteiger partial charge in [-0.3, -0.25) is 4.99 Å². The number of nitrogens with zero attached hydrogens (tertiary/aromatic N) is 3.